The minimum Gasteiger partial charge on any atom is -0.475 e. The van der Waals surface area contributed by atoms with E-state index in [0.717, 1.165) is 30.4 Å². The minimum absolute atomic E-state index is 0.0362. The van der Waals surface area contributed by atoms with Gasteiger partial charge in [0.15, 0.2) is 0 Å². The SMILES string of the molecule is CCC(C)NC(=O)C1(c2ccc(NS(=O)(=O)c3ccc(C(C)(C)C)cc3)cc2)CC1.O=C(O)C(F)(F)F. The van der Waals surface area contributed by atoms with E-state index >= 15 is 0 Å². The zero-order valence-electron chi connectivity index (χ0n) is 21.4. The summed E-state index contributed by atoms with van der Waals surface area (Å²) in [6, 6.07) is 14.3. The van der Waals surface area contributed by atoms with Crippen LogP contribution in [0.3, 0.4) is 0 Å². The lowest BCUT2D eigenvalue weighted by Crippen LogP contribution is -2.39. The Balaban J connectivity index is 0.000000604. The standard InChI is InChI=1S/C24H32N2O3S.C2HF3O2/c1-6-17(2)25-22(27)24(15-16-24)19-7-11-20(12-8-19)26-30(28,29)21-13-9-18(10-14-21)23(3,4)5;3-2(4,5)1(6)7/h7-14,17,26H,6,15-16H2,1-5H3,(H,25,27);(H,6,7). The molecule has 2 aromatic carbocycles. The predicted octanol–water partition coefficient (Wildman–Crippen LogP) is 5.36. The first-order valence-electron chi connectivity index (χ1n) is 11.8. The third kappa shape index (κ3) is 7.95. The van der Waals surface area contributed by atoms with Gasteiger partial charge in [0.2, 0.25) is 5.91 Å². The number of rotatable bonds is 7. The first kappa shape index (κ1) is 30.1. The maximum Gasteiger partial charge on any atom is 0.490 e. The van der Waals surface area contributed by atoms with E-state index in [1.165, 1.54) is 0 Å². The first-order valence-corrected chi connectivity index (χ1v) is 13.3. The number of carbonyl (C=O) groups excluding carboxylic acids is 1. The third-order valence-electron chi connectivity index (χ3n) is 6.14. The molecule has 1 amide bonds. The van der Waals surface area contributed by atoms with Crippen LogP contribution in [0.15, 0.2) is 53.4 Å². The molecule has 7 nitrogen and oxygen atoms in total. The van der Waals surface area contributed by atoms with Crippen molar-refractivity contribution in [2.45, 2.75) is 81.8 Å². The summed E-state index contributed by atoms with van der Waals surface area (Å²) in [6.07, 6.45) is -2.56. The number of carbonyl (C=O) groups is 2. The second kappa shape index (κ2) is 11.1. The average molecular weight is 543 g/mol. The van der Waals surface area contributed by atoms with Crippen molar-refractivity contribution in [2.24, 2.45) is 0 Å². The van der Waals surface area contributed by atoms with Crippen molar-refractivity contribution in [3.05, 3.63) is 59.7 Å². The number of carboxylic acid groups (broad SMARTS) is 1. The molecule has 1 atom stereocenters. The number of carboxylic acids is 1. The highest BCUT2D eigenvalue weighted by atomic mass is 32.2. The van der Waals surface area contributed by atoms with E-state index in [1.54, 1.807) is 24.3 Å². The van der Waals surface area contributed by atoms with Gasteiger partial charge in [0.05, 0.1) is 10.3 Å². The Hall–Kier alpha value is -3.08. The van der Waals surface area contributed by atoms with E-state index < -0.39 is 27.6 Å². The number of alkyl halides is 3. The van der Waals surface area contributed by atoms with E-state index in [1.807, 2.05) is 38.1 Å². The van der Waals surface area contributed by atoms with Crippen LogP contribution in [0, 0.1) is 0 Å². The van der Waals surface area contributed by atoms with Crippen LogP contribution < -0.4 is 10.0 Å². The van der Waals surface area contributed by atoms with Crippen molar-refractivity contribution in [2.75, 3.05) is 4.72 Å². The Morgan fingerprint density at radius 1 is 1.00 bits per heavy atom. The average Bonchev–Trinajstić information content (AvgIpc) is 3.61. The first-order chi connectivity index (χ1) is 16.9. The number of amides is 1. The lowest BCUT2D eigenvalue weighted by atomic mass is 9.87. The lowest BCUT2D eigenvalue weighted by molar-refractivity contribution is -0.192. The molecule has 1 fully saturated rings. The van der Waals surface area contributed by atoms with Crippen LogP contribution in [0.25, 0.3) is 0 Å². The van der Waals surface area contributed by atoms with Gasteiger partial charge in [-0.1, -0.05) is 52.0 Å². The van der Waals surface area contributed by atoms with Crippen molar-refractivity contribution in [3.63, 3.8) is 0 Å². The zero-order valence-corrected chi connectivity index (χ0v) is 22.3. The number of nitrogens with one attached hydrogen (secondary N) is 2. The van der Waals surface area contributed by atoms with Crippen molar-refractivity contribution in [3.8, 4) is 0 Å². The van der Waals surface area contributed by atoms with Crippen LogP contribution in [0.4, 0.5) is 18.9 Å². The van der Waals surface area contributed by atoms with E-state index in [-0.39, 0.29) is 22.3 Å². The van der Waals surface area contributed by atoms with Crippen molar-refractivity contribution < 1.29 is 36.3 Å². The maximum absolute atomic E-state index is 12.7. The topological polar surface area (TPSA) is 113 Å². The molecule has 204 valence electrons. The normalized spacial score (nSPS) is 15.6. The van der Waals surface area contributed by atoms with Gasteiger partial charge in [-0.05, 0) is 67.0 Å². The van der Waals surface area contributed by atoms with Gasteiger partial charge in [0.25, 0.3) is 10.0 Å². The summed E-state index contributed by atoms with van der Waals surface area (Å²) in [7, 11) is -3.67. The van der Waals surface area contributed by atoms with Crippen LogP contribution >= 0.6 is 0 Å². The van der Waals surface area contributed by atoms with E-state index in [2.05, 4.69) is 30.8 Å². The summed E-state index contributed by atoms with van der Waals surface area (Å²) in [5.74, 6) is -2.70. The van der Waals surface area contributed by atoms with Gasteiger partial charge >= 0.3 is 12.1 Å². The van der Waals surface area contributed by atoms with E-state index in [0.29, 0.717) is 5.69 Å². The fourth-order valence-electron chi connectivity index (χ4n) is 3.44. The largest absolute Gasteiger partial charge is 0.490 e. The monoisotopic (exact) mass is 542 g/mol. The highest BCUT2D eigenvalue weighted by molar-refractivity contribution is 7.92. The molecule has 1 unspecified atom stereocenters. The number of aliphatic carboxylic acids is 1. The van der Waals surface area contributed by atoms with Crippen LogP contribution in [-0.2, 0) is 30.4 Å². The molecule has 3 rings (SSSR count). The summed E-state index contributed by atoms with van der Waals surface area (Å²) in [4.78, 5) is 21.8. The quantitative estimate of drug-likeness (QED) is 0.436. The summed E-state index contributed by atoms with van der Waals surface area (Å²) >= 11 is 0. The number of halogens is 3. The predicted molar refractivity (Wildman–Crippen MR) is 135 cm³/mol. The van der Waals surface area contributed by atoms with Gasteiger partial charge in [-0.15, -0.1) is 0 Å². The molecule has 2 aromatic rings. The number of hydrogen-bond donors (Lipinski definition) is 3. The molecule has 0 aromatic heterocycles. The second-order valence-corrected chi connectivity index (χ2v) is 11.8. The highest BCUT2D eigenvalue weighted by Gasteiger charge is 2.51. The maximum atomic E-state index is 12.7. The van der Waals surface area contributed by atoms with Crippen molar-refractivity contribution >= 4 is 27.6 Å². The molecule has 0 saturated heterocycles. The molecule has 0 bridgehead atoms. The van der Waals surface area contributed by atoms with Crippen LogP contribution in [-0.4, -0.2) is 37.6 Å². The Kier molecular flexibility index (Phi) is 9.06. The van der Waals surface area contributed by atoms with E-state index in [4.69, 9.17) is 9.90 Å². The van der Waals surface area contributed by atoms with Crippen molar-refractivity contribution in [1.82, 2.24) is 5.32 Å². The summed E-state index contributed by atoms with van der Waals surface area (Å²) in [5.41, 5.74) is 1.99. The van der Waals surface area contributed by atoms with Crippen LogP contribution in [0.2, 0.25) is 0 Å². The van der Waals surface area contributed by atoms with Gasteiger partial charge in [0, 0.05) is 11.7 Å². The fourth-order valence-corrected chi connectivity index (χ4v) is 4.50. The Labute approximate surface area is 215 Å². The molecular weight excluding hydrogens is 509 g/mol. The molecular formula is C26H33F3N2O5S. The van der Waals surface area contributed by atoms with Gasteiger partial charge < -0.3 is 10.4 Å². The number of sulfonamides is 1. The smallest absolute Gasteiger partial charge is 0.475 e. The lowest BCUT2D eigenvalue weighted by Gasteiger charge is -2.20. The van der Waals surface area contributed by atoms with Gasteiger partial charge in [-0.3, -0.25) is 9.52 Å². The fraction of sp³-hybridized carbons (Fsp3) is 0.462. The molecule has 0 aliphatic heterocycles. The number of benzene rings is 2. The highest BCUT2D eigenvalue weighted by Crippen LogP contribution is 2.48. The molecule has 1 saturated carbocycles. The van der Waals surface area contributed by atoms with Gasteiger partial charge in [-0.25, -0.2) is 13.2 Å². The molecule has 1 aliphatic carbocycles. The van der Waals surface area contributed by atoms with Crippen LogP contribution in [0.5, 0.6) is 0 Å². The Bertz CT molecular complexity index is 1200. The Morgan fingerprint density at radius 3 is 1.86 bits per heavy atom. The molecule has 0 heterocycles. The number of anilines is 1. The summed E-state index contributed by atoms with van der Waals surface area (Å²) in [5, 5.41) is 10.2. The van der Waals surface area contributed by atoms with Crippen molar-refractivity contribution in [1.29, 1.82) is 0 Å². The third-order valence-corrected chi connectivity index (χ3v) is 7.53. The summed E-state index contributed by atoms with van der Waals surface area (Å²) in [6.45, 7) is 10.3. The molecule has 1 aliphatic rings. The summed E-state index contributed by atoms with van der Waals surface area (Å²) < 4.78 is 59.9. The molecule has 11 heteroatoms. The minimum atomic E-state index is -5.08. The molecule has 0 radical (unpaired) electrons. The van der Waals surface area contributed by atoms with E-state index in [9.17, 15) is 26.4 Å². The van der Waals surface area contributed by atoms with Crippen LogP contribution in [0.1, 0.15) is 65.0 Å². The Morgan fingerprint density at radius 2 is 1.49 bits per heavy atom. The molecule has 37 heavy (non-hydrogen) atoms. The zero-order chi connectivity index (χ0) is 28.2. The molecule has 0 spiro atoms. The molecule has 3 N–H and O–H groups in total. The van der Waals surface area contributed by atoms with Gasteiger partial charge in [0.1, 0.15) is 0 Å². The second-order valence-electron chi connectivity index (χ2n) is 10.1. The van der Waals surface area contributed by atoms with Gasteiger partial charge in [-0.2, -0.15) is 13.2 Å². The number of hydrogen-bond acceptors (Lipinski definition) is 4.